The van der Waals surface area contributed by atoms with Gasteiger partial charge in [0.15, 0.2) is 0 Å². The normalized spacial score (nSPS) is 10.9. The standard InChI is InChI=1S/C13H18N6O3/c1-17(2)5-6-18-8-10(15-16-18)9-22-11-3-4-13(19(20)21)12(14)7-11/h3-4,7-8H,5-6,9,14H2,1-2H3. The monoisotopic (exact) mass is 306 g/mol. The molecule has 0 amide bonds. The van der Waals surface area contributed by atoms with Crippen molar-refractivity contribution in [3.05, 3.63) is 40.2 Å². The number of nitrogen functional groups attached to an aromatic ring is 1. The number of likely N-dealkylation sites (N-methyl/N-ethyl adjacent to an activating group) is 1. The Morgan fingerprint density at radius 1 is 1.45 bits per heavy atom. The molecule has 9 nitrogen and oxygen atoms in total. The van der Waals surface area contributed by atoms with E-state index in [-0.39, 0.29) is 18.0 Å². The Morgan fingerprint density at radius 2 is 2.23 bits per heavy atom. The minimum atomic E-state index is -0.532. The fourth-order valence-electron chi connectivity index (χ4n) is 1.76. The molecular weight excluding hydrogens is 288 g/mol. The maximum absolute atomic E-state index is 10.7. The van der Waals surface area contributed by atoms with Gasteiger partial charge >= 0.3 is 0 Å². The van der Waals surface area contributed by atoms with Crippen LogP contribution in [-0.2, 0) is 13.2 Å². The number of hydrogen-bond donors (Lipinski definition) is 1. The van der Waals surface area contributed by atoms with Crippen molar-refractivity contribution in [2.75, 3.05) is 26.4 Å². The van der Waals surface area contributed by atoms with Crippen LogP contribution >= 0.6 is 0 Å². The molecule has 0 saturated heterocycles. The van der Waals surface area contributed by atoms with Gasteiger partial charge in [0.25, 0.3) is 5.69 Å². The van der Waals surface area contributed by atoms with Crippen LogP contribution in [0.1, 0.15) is 5.69 Å². The van der Waals surface area contributed by atoms with Gasteiger partial charge < -0.3 is 15.4 Å². The first-order valence-corrected chi connectivity index (χ1v) is 6.66. The van der Waals surface area contributed by atoms with Gasteiger partial charge in [-0.05, 0) is 20.2 Å². The highest BCUT2D eigenvalue weighted by molar-refractivity contribution is 5.60. The van der Waals surface area contributed by atoms with Gasteiger partial charge in [-0.2, -0.15) is 0 Å². The van der Waals surface area contributed by atoms with E-state index in [9.17, 15) is 10.1 Å². The molecule has 0 fully saturated rings. The molecule has 0 saturated carbocycles. The molecule has 118 valence electrons. The second kappa shape index (κ2) is 6.85. The minimum absolute atomic E-state index is 0.0668. The van der Waals surface area contributed by atoms with Crippen LogP contribution in [-0.4, -0.2) is 45.5 Å². The largest absolute Gasteiger partial charge is 0.487 e. The van der Waals surface area contributed by atoms with Crippen LogP contribution < -0.4 is 10.5 Å². The number of rotatable bonds is 7. The zero-order chi connectivity index (χ0) is 16.1. The van der Waals surface area contributed by atoms with Crippen molar-refractivity contribution < 1.29 is 9.66 Å². The molecular formula is C13H18N6O3. The first kappa shape index (κ1) is 15.7. The van der Waals surface area contributed by atoms with Crippen molar-refractivity contribution in [1.82, 2.24) is 19.9 Å². The number of nitro groups is 1. The predicted octanol–water partition coefficient (Wildman–Crippen LogP) is 0.909. The minimum Gasteiger partial charge on any atom is -0.487 e. The Hall–Kier alpha value is -2.68. The van der Waals surface area contributed by atoms with E-state index < -0.39 is 4.92 Å². The lowest BCUT2D eigenvalue weighted by atomic mass is 10.2. The molecule has 2 N–H and O–H groups in total. The molecule has 0 spiro atoms. The quantitative estimate of drug-likeness (QED) is 0.459. The smallest absolute Gasteiger partial charge is 0.292 e. The Balaban J connectivity index is 1.93. The average Bonchev–Trinajstić information content (AvgIpc) is 2.90. The van der Waals surface area contributed by atoms with Gasteiger partial charge in [0.1, 0.15) is 23.7 Å². The second-order valence-electron chi connectivity index (χ2n) is 5.04. The Morgan fingerprint density at radius 3 is 2.86 bits per heavy atom. The van der Waals surface area contributed by atoms with Crippen molar-refractivity contribution >= 4 is 11.4 Å². The number of aromatic nitrogens is 3. The lowest BCUT2D eigenvalue weighted by Crippen LogP contribution is -2.18. The third-order valence-electron chi connectivity index (χ3n) is 2.94. The molecule has 2 rings (SSSR count). The third-order valence-corrected chi connectivity index (χ3v) is 2.94. The number of ether oxygens (including phenoxy) is 1. The van der Waals surface area contributed by atoms with Crippen molar-refractivity contribution in [2.24, 2.45) is 0 Å². The summed E-state index contributed by atoms with van der Waals surface area (Å²) in [4.78, 5) is 12.2. The van der Waals surface area contributed by atoms with Gasteiger partial charge in [-0.15, -0.1) is 5.10 Å². The summed E-state index contributed by atoms with van der Waals surface area (Å²) in [6.07, 6.45) is 1.80. The predicted molar refractivity (Wildman–Crippen MR) is 80.4 cm³/mol. The van der Waals surface area contributed by atoms with Crippen LogP contribution in [0.3, 0.4) is 0 Å². The fraction of sp³-hybridized carbons (Fsp3) is 0.385. The summed E-state index contributed by atoms with van der Waals surface area (Å²) in [5.74, 6) is 0.450. The molecule has 0 aliphatic rings. The molecule has 0 radical (unpaired) electrons. The molecule has 0 atom stereocenters. The number of hydrogen-bond acceptors (Lipinski definition) is 7. The number of nitrogens with zero attached hydrogens (tertiary/aromatic N) is 5. The molecule has 1 aromatic carbocycles. The molecule has 1 aromatic heterocycles. The topological polar surface area (TPSA) is 112 Å². The van der Waals surface area contributed by atoms with E-state index in [0.717, 1.165) is 13.1 Å². The summed E-state index contributed by atoms with van der Waals surface area (Å²) in [7, 11) is 3.97. The van der Waals surface area contributed by atoms with Crippen molar-refractivity contribution in [3.8, 4) is 5.75 Å². The zero-order valence-electron chi connectivity index (χ0n) is 12.5. The van der Waals surface area contributed by atoms with Crippen LogP contribution in [0.15, 0.2) is 24.4 Å². The first-order valence-electron chi connectivity index (χ1n) is 6.66. The first-order chi connectivity index (χ1) is 10.5. The highest BCUT2D eigenvalue weighted by atomic mass is 16.6. The highest BCUT2D eigenvalue weighted by Gasteiger charge is 2.12. The molecule has 2 aromatic rings. The van der Waals surface area contributed by atoms with Crippen LogP contribution in [0.4, 0.5) is 11.4 Å². The van der Waals surface area contributed by atoms with Crippen molar-refractivity contribution in [1.29, 1.82) is 0 Å². The van der Waals surface area contributed by atoms with E-state index in [1.54, 1.807) is 10.9 Å². The summed E-state index contributed by atoms with van der Waals surface area (Å²) < 4.78 is 7.26. The van der Waals surface area contributed by atoms with E-state index >= 15 is 0 Å². The van der Waals surface area contributed by atoms with Gasteiger partial charge in [0.05, 0.1) is 17.7 Å². The SMILES string of the molecule is CN(C)CCn1cc(COc2ccc([N+](=O)[O-])c(N)c2)nn1. The summed E-state index contributed by atoms with van der Waals surface area (Å²) in [5, 5.41) is 18.7. The Bertz CT molecular complexity index is 655. The van der Waals surface area contributed by atoms with E-state index in [1.165, 1.54) is 18.2 Å². The summed E-state index contributed by atoms with van der Waals surface area (Å²) >= 11 is 0. The molecule has 0 unspecified atom stereocenters. The molecule has 0 bridgehead atoms. The Labute approximate surface area is 127 Å². The number of benzene rings is 1. The van der Waals surface area contributed by atoms with Gasteiger partial charge in [-0.3, -0.25) is 14.8 Å². The van der Waals surface area contributed by atoms with E-state index in [2.05, 4.69) is 15.2 Å². The van der Waals surface area contributed by atoms with Gasteiger partial charge in [-0.1, -0.05) is 5.21 Å². The zero-order valence-corrected chi connectivity index (χ0v) is 12.5. The van der Waals surface area contributed by atoms with Crippen molar-refractivity contribution in [2.45, 2.75) is 13.2 Å². The van der Waals surface area contributed by atoms with E-state index in [1.807, 2.05) is 14.1 Å². The summed E-state index contributed by atoms with van der Waals surface area (Å²) in [6.45, 7) is 1.83. The number of nitro benzene ring substituents is 1. The van der Waals surface area contributed by atoms with E-state index in [4.69, 9.17) is 10.5 Å². The maximum Gasteiger partial charge on any atom is 0.292 e. The molecule has 0 aliphatic carbocycles. The highest BCUT2D eigenvalue weighted by Crippen LogP contribution is 2.26. The molecule has 0 aliphatic heterocycles. The Kier molecular flexibility index (Phi) is 4.89. The van der Waals surface area contributed by atoms with Crippen molar-refractivity contribution in [3.63, 3.8) is 0 Å². The number of anilines is 1. The van der Waals surface area contributed by atoms with E-state index in [0.29, 0.717) is 11.4 Å². The lowest BCUT2D eigenvalue weighted by molar-refractivity contribution is -0.383. The maximum atomic E-state index is 10.7. The van der Waals surface area contributed by atoms with Crippen LogP contribution in [0.2, 0.25) is 0 Å². The summed E-state index contributed by atoms with van der Waals surface area (Å²) in [6, 6.07) is 4.25. The van der Waals surface area contributed by atoms with Gasteiger partial charge in [0.2, 0.25) is 0 Å². The summed E-state index contributed by atoms with van der Waals surface area (Å²) in [5.41, 5.74) is 6.21. The third kappa shape index (κ3) is 4.16. The van der Waals surface area contributed by atoms with Gasteiger partial charge in [-0.25, -0.2) is 0 Å². The fourth-order valence-corrected chi connectivity index (χ4v) is 1.76. The van der Waals surface area contributed by atoms with Crippen LogP contribution in [0, 0.1) is 10.1 Å². The lowest BCUT2D eigenvalue weighted by Gasteiger charge is -2.08. The molecule has 22 heavy (non-hydrogen) atoms. The molecule has 1 heterocycles. The van der Waals surface area contributed by atoms with Crippen LogP contribution in [0.5, 0.6) is 5.75 Å². The van der Waals surface area contributed by atoms with Gasteiger partial charge in [0, 0.05) is 18.7 Å². The van der Waals surface area contributed by atoms with Crippen LogP contribution in [0.25, 0.3) is 0 Å². The second-order valence-corrected chi connectivity index (χ2v) is 5.04. The average molecular weight is 306 g/mol. The number of nitrogens with two attached hydrogens (primary N) is 1. The molecule has 9 heteroatoms.